The molecule has 0 radical (unpaired) electrons. The molecule has 36 heavy (non-hydrogen) atoms. The molecule has 1 fully saturated rings. The molecule has 6 nitrogen and oxygen atoms in total. The summed E-state index contributed by atoms with van der Waals surface area (Å²) in [6, 6.07) is 1.28. The summed E-state index contributed by atoms with van der Waals surface area (Å²) in [5, 5.41) is 0. The number of halogens is 4. The number of piperidine rings is 1. The summed E-state index contributed by atoms with van der Waals surface area (Å²) in [5.41, 5.74) is -0.333. The van der Waals surface area contributed by atoms with Crippen molar-refractivity contribution in [3.63, 3.8) is 0 Å². The first-order valence-electron chi connectivity index (χ1n) is 12.2. The van der Waals surface area contributed by atoms with Crippen molar-refractivity contribution >= 4 is 11.6 Å². The summed E-state index contributed by atoms with van der Waals surface area (Å²) in [7, 11) is 2.02. The van der Waals surface area contributed by atoms with Crippen molar-refractivity contribution < 1.29 is 22.4 Å². The monoisotopic (exact) mass is 508 g/mol. The Morgan fingerprint density at radius 3 is 2.42 bits per heavy atom. The summed E-state index contributed by atoms with van der Waals surface area (Å²) >= 11 is 0. The summed E-state index contributed by atoms with van der Waals surface area (Å²) in [6.45, 7) is 8.59. The number of aromatic nitrogens is 1. The van der Waals surface area contributed by atoms with Crippen LogP contribution in [0, 0.1) is 19.7 Å². The molecule has 2 aromatic rings. The van der Waals surface area contributed by atoms with Crippen LogP contribution >= 0.6 is 0 Å². The number of fused-ring (bicyclic) bond motifs is 1. The van der Waals surface area contributed by atoms with E-state index in [9.17, 15) is 27.2 Å². The topological polar surface area (TPSA) is 59.7 Å². The van der Waals surface area contributed by atoms with E-state index in [0.29, 0.717) is 17.8 Å². The Bertz CT molecular complexity index is 1230. The van der Waals surface area contributed by atoms with E-state index in [2.05, 4.69) is 9.88 Å². The fraction of sp³-hybridized carbons (Fsp3) is 0.538. The third kappa shape index (κ3) is 4.51. The molecule has 2 aliphatic rings. The van der Waals surface area contributed by atoms with E-state index in [-0.39, 0.29) is 35.0 Å². The van der Waals surface area contributed by atoms with Gasteiger partial charge in [-0.05, 0) is 78.4 Å². The highest BCUT2D eigenvalue weighted by Crippen LogP contribution is 2.40. The Hall–Kier alpha value is -2.88. The van der Waals surface area contributed by atoms with E-state index in [0.717, 1.165) is 38.1 Å². The highest BCUT2D eigenvalue weighted by molar-refractivity contribution is 5.98. The van der Waals surface area contributed by atoms with Gasteiger partial charge in [0.2, 0.25) is 0 Å². The van der Waals surface area contributed by atoms with Gasteiger partial charge in [-0.1, -0.05) is 0 Å². The molecule has 1 aromatic heterocycles. The standard InChI is InChI=1S/C26H32F4N4O2/c1-6-33(18-7-9-32(5)10-8-18)21-12-17(26(28,29)30)11-19(14(21)2)25(36)34-13-20-22(16(34)4)23(27)15(3)31-24(20)35/h11-12,16,18H,6-10,13H2,1-5H3,(H,31,35). The summed E-state index contributed by atoms with van der Waals surface area (Å²) in [6.07, 6.45) is -3.03. The lowest BCUT2D eigenvalue weighted by Crippen LogP contribution is -2.44. The number of aryl methyl sites for hydroxylation is 1. The Kier molecular flexibility index (Phi) is 6.94. The zero-order valence-electron chi connectivity index (χ0n) is 21.2. The van der Waals surface area contributed by atoms with Crippen LogP contribution in [0.15, 0.2) is 16.9 Å². The summed E-state index contributed by atoms with van der Waals surface area (Å²) < 4.78 is 56.8. The second kappa shape index (κ2) is 9.53. The molecule has 0 bridgehead atoms. The number of anilines is 1. The quantitative estimate of drug-likeness (QED) is 0.604. The molecule has 0 saturated carbocycles. The number of aromatic amines is 1. The zero-order valence-corrected chi connectivity index (χ0v) is 21.2. The van der Waals surface area contributed by atoms with Crippen LogP contribution in [-0.4, -0.2) is 53.4 Å². The van der Waals surface area contributed by atoms with Crippen LogP contribution in [0.2, 0.25) is 0 Å². The van der Waals surface area contributed by atoms with Crippen LogP contribution < -0.4 is 10.5 Å². The van der Waals surface area contributed by atoms with Gasteiger partial charge in [0, 0.05) is 35.0 Å². The van der Waals surface area contributed by atoms with Gasteiger partial charge in [0.05, 0.1) is 23.8 Å². The lowest BCUT2D eigenvalue weighted by atomic mass is 9.96. The van der Waals surface area contributed by atoms with Gasteiger partial charge in [-0.3, -0.25) is 9.59 Å². The summed E-state index contributed by atoms with van der Waals surface area (Å²) in [5.74, 6) is -1.26. The minimum absolute atomic E-state index is 0.0573. The van der Waals surface area contributed by atoms with Crippen molar-refractivity contribution in [2.45, 2.75) is 65.3 Å². The Morgan fingerprint density at radius 2 is 1.83 bits per heavy atom. The van der Waals surface area contributed by atoms with Crippen molar-refractivity contribution in [2.24, 2.45) is 0 Å². The number of benzene rings is 1. The molecular weight excluding hydrogens is 476 g/mol. The normalized spacial score (nSPS) is 19.0. The van der Waals surface area contributed by atoms with Crippen LogP contribution in [0.4, 0.5) is 23.2 Å². The van der Waals surface area contributed by atoms with Gasteiger partial charge >= 0.3 is 6.18 Å². The van der Waals surface area contributed by atoms with Crippen LogP contribution in [0.5, 0.6) is 0 Å². The predicted octanol–water partition coefficient (Wildman–Crippen LogP) is 4.79. The first-order valence-corrected chi connectivity index (χ1v) is 12.2. The molecule has 196 valence electrons. The van der Waals surface area contributed by atoms with E-state index in [4.69, 9.17) is 0 Å². The van der Waals surface area contributed by atoms with E-state index < -0.39 is 35.1 Å². The average molecular weight is 509 g/mol. The Morgan fingerprint density at radius 1 is 1.19 bits per heavy atom. The smallest absolute Gasteiger partial charge is 0.368 e. The molecule has 4 rings (SSSR count). The molecule has 1 aromatic carbocycles. The number of carbonyl (C=O) groups is 1. The molecule has 1 unspecified atom stereocenters. The van der Waals surface area contributed by atoms with E-state index in [1.165, 1.54) is 11.8 Å². The van der Waals surface area contributed by atoms with Gasteiger partial charge in [0.15, 0.2) is 0 Å². The van der Waals surface area contributed by atoms with Crippen LogP contribution in [0.1, 0.15) is 71.0 Å². The molecule has 3 heterocycles. The third-order valence-corrected chi connectivity index (χ3v) is 7.66. The molecule has 1 N–H and O–H groups in total. The van der Waals surface area contributed by atoms with Crippen LogP contribution in [0.3, 0.4) is 0 Å². The maximum atomic E-state index is 14.9. The van der Waals surface area contributed by atoms with E-state index in [1.807, 2.05) is 18.9 Å². The zero-order chi connectivity index (χ0) is 26.5. The number of nitrogens with one attached hydrogen (secondary N) is 1. The van der Waals surface area contributed by atoms with Crippen molar-refractivity contribution in [1.29, 1.82) is 0 Å². The first kappa shape index (κ1) is 26.2. The lowest BCUT2D eigenvalue weighted by Gasteiger charge is -2.39. The molecule has 0 spiro atoms. The van der Waals surface area contributed by atoms with Crippen molar-refractivity contribution in [1.82, 2.24) is 14.8 Å². The third-order valence-electron chi connectivity index (χ3n) is 7.66. The first-order chi connectivity index (χ1) is 16.8. The molecule has 1 saturated heterocycles. The van der Waals surface area contributed by atoms with Gasteiger partial charge < -0.3 is 19.7 Å². The SMILES string of the molecule is CCN(c1cc(C(F)(F)F)cc(C(=O)N2Cc3c(c(F)c(C)[nH]c3=O)C2C)c1C)C1CCN(C)CC1. The number of nitrogens with zero attached hydrogens (tertiary/aromatic N) is 3. The minimum Gasteiger partial charge on any atom is -0.368 e. The van der Waals surface area contributed by atoms with Gasteiger partial charge in [-0.15, -0.1) is 0 Å². The van der Waals surface area contributed by atoms with Gasteiger partial charge in [0.1, 0.15) is 5.82 Å². The number of hydrogen-bond acceptors (Lipinski definition) is 4. The van der Waals surface area contributed by atoms with E-state index in [1.54, 1.807) is 13.8 Å². The number of H-pyrrole nitrogens is 1. The Labute approximate surface area is 207 Å². The number of carbonyl (C=O) groups excluding carboxylic acids is 1. The number of rotatable bonds is 4. The van der Waals surface area contributed by atoms with Crippen LogP contribution in [0.25, 0.3) is 0 Å². The minimum atomic E-state index is -4.65. The molecule has 1 amide bonds. The molecule has 0 aliphatic carbocycles. The van der Waals surface area contributed by atoms with Crippen molar-refractivity contribution in [3.8, 4) is 0 Å². The number of pyridine rings is 1. The maximum Gasteiger partial charge on any atom is 0.416 e. The van der Waals surface area contributed by atoms with Gasteiger partial charge in [-0.2, -0.15) is 13.2 Å². The largest absolute Gasteiger partial charge is 0.416 e. The molecule has 2 aliphatic heterocycles. The average Bonchev–Trinajstić information content (AvgIpc) is 3.17. The molecule has 1 atom stereocenters. The van der Waals surface area contributed by atoms with Gasteiger partial charge in [0.25, 0.3) is 11.5 Å². The fourth-order valence-corrected chi connectivity index (χ4v) is 5.53. The fourth-order valence-electron chi connectivity index (χ4n) is 5.53. The van der Waals surface area contributed by atoms with Gasteiger partial charge in [-0.25, -0.2) is 4.39 Å². The molecular formula is C26H32F4N4O2. The number of hydrogen-bond donors (Lipinski definition) is 1. The van der Waals surface area contributed by atoms with Crippen LogP contribution in [-0.2, 0) is 12.7 Å². The number of amides is 1. The maximum absolute atomic E-state index is 14.9. The lowest BCUT2D eigenvalue weighted by molar-refractivity contribution is -0.137. The highest BCUT2D eigenvalue weighted by atomic mass is 19.4. The van der Waals surface area contributed by atoms with Crippen molar-refractivity contribution in [3.05, 3.63) is 61.8 Å². The second-order valence-corrected chi connectivity index (χ2v) is 9.88. The molecule has 10 heteroatoms. The van der Waals surface area contributed by atoms with E-state index >= 15 is 0 Å². The number of alkyl halides is 3. The predicted molar refractivity (Wildman–Crippen MR) is 130 cm³/mol. The summed E-state index contributed by atoms with van der Waals surface area (Å²) in [4.78, 5) is 34.0. The second-order valence-electron chi connectivity index (χ2n) is 9.88. The van der Waals surface area contributed by atoms with Crippen molar-refractivity contribution in [2.75, 3.05) is 31.6 Å². The Balaban J connectivity index is 1.78. The number of likely N-dealkylation sites (tertiary alicyclic amines) is 1. The highest BCUT2D eigenvalue weighted by Gasteiger charge is 2.39.